The van der Waals surface area contributed by atoms with Crippen LogP contribution >= 0.6 is 11.6 Å². The highest BCUT2D eigenvalue weighted by Gasteiger charge is 2.16. The van der Waals surface area contributed by atoms with Crippen molar-refractivity contribution in [3.63, 3.8) is 0 Å². The Morgan fingerprint density at radius 1 is 1.12 bits per heavy atom. The molecule has 0 spiro atoms. The number of hydrogen-bond acceptors (Lipinski definition) is 4. The molecule has 2 heterocycles. The number of aromatic nitrogens is 1. The molecule has 0 atom stereocenters. The number of pyridine rings is 1. The van der Waals surface area contributed by atoms with Crippen LogP contribution in [0.2, 0.25) is 5.02 Å². The lowest BCUT2D eigenvalue weighted by atomic mass is 10.1. The van der Waals surface area contributed by atoms with E-state index in [1.54, 1.807) is 0 Å². The Morgan fingerprint density at radius 3 is 2.67 bits per heavy atom. The van der Waals surface area contributed by atoms with Crippen LogP contribution in [0.3, 0.4) is 0 Å². The van der Waals surface area contributed by atoms with E-state index in [1.165, 1.54) is 24.3 Å². The van der Waals surface area contributed by atoms with Crippen LogP contribution in [0.1, 0.15) is 18.5 Å². The first-order valence-corrected chi connectivity index (χ1v) is 8.10. The fourth-order valence-corrected chi connectivity index (χ4v) is 2.61. The van der Waals surface area contributed by atoms with Crippen molar-refractivity contribution >= 4 is 11.6 Å². The molecule has 7 heteroatoms. The monoisotopic (exact) mass is 354 g/mol. The molecule has 0 aliphatic carbocycles. The number of rotatable bonds is 5. The van der Waals surface area contributed by atoms with E-state index in [4.69, 9.17) is 21.1 Å². The summed E-state index contributed by atoms with van der Waals surface area (Å²) < 4.78 is 38.7. The molecule has 4 nitrogen and oxygen atoms in total. The highest BCUT2D eigenvalue weighted by atomic mass is 35.5. The zero-order valence-electron chi connectivity index (χ0n) is 12.9. The lowest BCUT2D eigenvalue weighted by molar-refractivity contribution is 0.154. The van der Waals surface area contributed by atoms with Crippen LogP contribution in [0.4, 0.5) is 8.78 Å². The van der Waals surface area contributed by atoms with Gasteiger partial charge in [-0.05, 0) is 50.2 Å². The molecule has 1 aromatic heterocycles. The minimum atomic E-state index is -0.606. The van der Waals surface area contributed by atoms with Gasteiger partial charge in [0, 0.05) is 11.1 Å². The first-order chi connectivity index (χ1) is 11.6. The zero-order chi connectivity index (χ0) is 16.9. The first kappa shape index (κ1) is 16.9. The Bertz CT molecular complexity index is 709. The lowest BCUT2D eigenvalue weighted by Crippen LogP contribution is -2.34. The number of nitrogens with zero attached hydrogens (tertiary/aromatic N) is 1. The van der Waals surface area contributed by atoms with Crippen LogP contribution in [-0.2, 0) is 6.61 Å². The maximum absolute atomic E-state index is 13.9. The van der Waals surface area contributed by atoms with E-state index in [1.807, 2.05) is 0 Å². The largest absolute Gasteiger partial charge is 0.484 e. The molecule has 3 rings (SSSR count). The summed E-state index contributed by atoms with van der Waals surface area (Å²) in [5.74, 6) is -0.796. The number of benzene rings is 1. The SMILES string of the molecule is Fc1cc(Cl)ccc1OCc1nc(OC2CCNCC2)ccc1F. The van der Waals surface area contributed by atoms with Crippen molar-refractivity contribution in [2.75, 3.05) is 13.1 Å². The summed E-state index contributed by atoms with van der Waals surface area (Å²) in [6.07, 6.45) is 1.81. The minimum absolute atomic E-state index is 0.00900. The summed E-state index contributed by atoms with van der Waals surface area (Å²) in [7, 11) is 0. The van der Waals surface area contributed by atoms with E-state index in [-0.39, 0.29) is 29.2 Å². The molecule has 0 radical (unpaired) electrons. The van der Waals surface area contributed by atoms with Gasteiger partial charge in [0.1, 0.15) is 24.2 Å². The standard InChI is InChI=1S/C17H17ClF2N2O2/c18-11-1-3-16(14(20)9-11)23-10-15-13(19)2-4-17(22-15)24-12-5-7-21-8-6-12/h1-4,9,12,21H,5-8,10H2. The lowest BCUT2D eigenvalue weighted by Gasteiger charge is -2.23. The summed E-state index contributed by atoms with van der Waals surface area (Å²) in [6.45, 7) is 1.57. The molecule has 1 aliphatic rings. The Labute approximate surface area is 143 Å². The van der Waals surface area contributed by atoms with E-state index < -0.39 is 11.6 Å². The van der Waals surface area contributed by atoms with Crippen LogP contribution in [-0.4, -0.2) is 24.2 Å². The Hall–Kier alpha value is -1.92. The predicted octanol–water partition coefficient (Wildman–Crippen LogP) is 3.72. The van der Waals surface area contributed by atoms with E-state index >= 15 is 0 Å². The van der Waals surface area contributed by atoms with Gasteiger partial charge in [0.2, 0.25) is 5.88 Å². The van der Waals surface area contributed by atoms with E-state index in [9.17, 15) is 8.78 Å². The molecule has 0 bridgehead atoms. The highest BCUT2D eigenvalue weighted by Crippen LogP contribution is 2.23. The summed E-state index contributed by atoms with van der Waals surface area (Å²) in [5, 5.41) is 3.51. The maximum Gasteiger partial charge on any atom is 0.214 e. The van der Waals surface area contributed by atoms with Gasteiger partial charge in [0.25, 0.3) is 0 Å². The molecule has 1 aromatic carbocycles. The molecular formula is C17H17ClF2N2O2. The fraction of sp³-hybridized carbons (Fsp3) is 0.353. The summed E-state index contributed by atoms with van der Waals surface area (Å²) in [6, 6.07) is 6.80. The maximum atomic E-state index is 13.9. The van der Waals surface area contributed by atoms with Crippen molar-refractivity contribution in [3.8, 4) is 11.6 Å². The molecule has 128 valence electrons. The second-order valence-electron chi connectivity index (χ2n) is 5.51. The smallest absolute Gasteiger partial charge is 0.214 e. The van der Waals surface area contributed by atoms with Gasteiger partial charge >= 0.3 is 0 Å². The minimum Gasteiger partial charge on any atom is -0.484 e. The van der Waals surface area contributed by atoms with Gasteiger partial charge in [-0.25, -0.2) is 13.8 Å². The van der Waals surface area contributed by atoms with Crippen molar-refractivity contribution in [1.29, 1.82) is 0 Å². The summed E-state index contributed by atoms with van der Waals surface area (Å²) in [5.41, 5.74) is 0.0655. The van der Waals surface area contributed by atoms with Gasteiger partial charge in [0.05, 0.1) is 0 Å². The van der Waals surface area contributed by atoms with Crippen LogP contribution in [0.25, 0.3) is 0 Å². The normalized spacial score (nSPS) is 15.3. The summed E-state index contributed by atoms with van der Waals surface area (Å²) >= 11 is 5.68. The molecule has 24 heavy (non-hydrogen) atoms. The quantitative estimate of drug-likeness (QED) is 0.888. The van der Waals surface area contributed by atoms with E-state index in [2.05, 4.69) is 10.3 Å². The second-order valence-corrected chi connectivity index (χ2v) is 5.95. The number of piperidine rings is 1. The fourth-order valence-electron chi connectivity index (χ4n) is 2.45. The van der Waals surface area contributed by atoms with Crippen molar-refractivity contribution in [1.82, 2.24) is 10.3 Å². The molecule has 1 fully saturated rings. The third kappa shape index (κ3) is 4.33. The topological polar surface area (TPSA) is 43.4 Å². The number of ether oxygens (including phenoxy) is 2. The van der Waals surface area contributed by atoms with Gasteiger partial charge < -0.3 is 14.8 Å². The van der Waals surface area contributed by atoms with Gasteiger partial charge in [-0.1, -0.05) is 11.6 Å². The first-order valence-electron chi connectivity index (χ1n) is 7.72. The van der Waals surface area contributed by atoms with E-state index in [0.717, 1.165) is 32.0 Å². The van der Waals surface area contributed by atoms with Gasteiger partial charge in [-0.15, -0.1) is 0 Å². The molecule has 1 aliphatic heterocycles. The average Bonchev–Trinajstić information content (AvgIpc) is 2.57. The average molecular weight is 355 g/mol. The molecule has 0 saturated carbocycles. The van der Waals surface area contributed by atoms with Crippen LogP contribution in [0.15, 0.2) is 30.3 Å². The molecule has 2 aromatic rings. The van der Waals surface area contributed by atoms with Crippen LogP contribution in [0, 0.1) is 11.6 Å². The number of hydrogen-bond donors (Lipinski definition) is 1. The van der Waals surface area contributed by atoms with Gasteiger partial charge in [0.15, 0.2) is 11.6 Å². The predicted molar refractivity (Wildman–Crippen MR) is 86.5 cm³/mol. The third-order valence-electron chi connectivity index (χ3n) is 3.72. The molecular weight excluding hydrogens is 338 g/mol. The second kappa shape index (κ2) is 7.77. The third-order valence-corrected chi connectivity index (χ3v) is 3.96. The van der Waals surface area contributed by atoms with Gasteiger partial charge in [-0.2, -0.15) is 0 Å². The van der Waals surface area contributed by atoms with Crippen LogP contribution in [0.5, 0.6) is 11.6 Å². The highest BCUT2D eigenvalue weighted by molar-refractivity contribution is 6.30. The Balaban J connectivity index is 1.67. The van der Waals surface area contributed by atoms with Crippen molar-refractivity contribution in [3.05, 3.63) is 52.7 Å². The summed E-state index contributed by atoms with van der Waals surface area (Å²) in [4.78, 5) is 4.14. The molecule has 1 N–H and O–H groups in total. The number of halogens is 3. The Kier molecular flexibility index (Phi) is 5.48. The molecule has 0 amide bonds. The zero-order valence-corrected chi connectivity index (χ0v) is 13.7. The van der Waals surface area contributed by atoms with Crippen molar-refractivity contribution in [2.45, 2.75) is 25.6 Å². The number of nitrogens with one attached hydrogen (secondary N) is 1. The van der Waals surface area contributed by atoms with Gasteiger partial charge in [-0.3, -0.25) is 0 Å². The van der Waals surface area contributed by atoms with E-state index in [0.29, 0.717) is 5.88 Å². The van der Waals surface area contributed by atoms with Crippen LogP contribution < -0.4 is 14.8 Å². The molecule has 1 saturated heterocycles. The Morgan fingerprint density at radius 2 is 1.92 bits per heavy atom. The van der Waals surface area contributed by atoms with Crippen molar-refractivity contribution in [2.24, 2.45) is 0 Å². The van der Waals surface area contributed by atoms with Crippen molar-refractivity contribution < 1.29 is 18.3 Å². The molecule has 0 unspecified atom stereocenters.